The summed E-state index contributed by atoms with van der Waals surface area (Å²) in [6, 6.07) is 0. The van der Waals surface area contributed by atoms with Crippen molar-refractivity contribution in [2.75, 3.05) is 0 Å². The zero-order chi connectivity index (χ0) is 18.0. The van der Waals surface area contributed by atoms with Gasteiger partial charge in [0, 0.05) is 0 Å². The van der Waals surface area contributed by atoms with Crippen LogP contribution in [-0.4, -0.2) is 27.1 Å². The van der Waals surface area contributed by atoms with Gasteiger partial charge >= 0.3 is 7.82 Å². The van der Waals surface area contributed by atoms with Crippen LogP contribution in [0.5, 0.6) is 0 Å². The van der Waals surface area contributed by atoms with E-state index >= 15 is 0 Å². The Morgan fingerprint density at radius 2 is 1.88 bits per heavy atom. The third-order valence-electron chi connectivity index (χ3n) is 8.26. The number of fused-ring (bicyclic) bond motifs is 5. The van der Waals surface area contributed by atoms with Crippen LogP contribution < -0.4 is 0 Å². The van der Waals surface area contributed by atoms with Gasteiger partial charge in [-0.1, -0.05) is 25.5 Å². The normalized spacial score (nSPS) is 49.8. The first-order valence-corrected chi connectivity index (χ1v) is 11.3. The number of aliphatic hydroxyl groups is 1. The molecule has 4 aliphatic carbocycles. The summed E-state index contributed by atoms with van der Waals surface area (Å²) in [7, 11) is -4.44. The average Bonchev–Trinajstić information content (AvgIpc) is 2.83. The van der Waals surface area contributed by atoms with Crippen molar-refractivity contribution >= 4 is 7.82 Å². The highest BCUT2D eigenvalue weighted by Gasteiger charge is 2.59. The number of hydrogen-bond acceptors (Lipinski definition) is 3. The van der Waals surface area contributed by atoms with Crippen LogP contribution in [0.25, 0.3) is 0 Å². The van der Waals surface area contributed by atoms with Gasteiger partial charge in [-0.2, -0.15) is 0 Å². The lowest BCUT2D eigenvalue weighted by molar-refractivity contribution is -0.0695. The van der Waals surface area contributed by atoms with Crippen LogP contribution in [-0.2, 0) is 9.09 Å². The minimum Gasteiger partial charge on any atom is -0.393 e. The first-order valence-electron chi connectivity index (χ1n) is 9.75. The predicted molar refractivity (Wildman–Crippen MR) is 94.6 cm³/mol. The molecule has 0 amide bonds. The van der Waals surface area contributed by atoms with Crippen molar-refractivity contribution in [1.29, 1.82) is 0 Å². The van der Waals surface area contributed by atoms with E-state index in [4.69, 9.17) is 4.52 Å². The molecule has 0 aromatic rings. The molecule has 4 aliphatic rings. The highest BCUT2D eigenvalue weighted by atomic mass is 31.2. The summed E-state index contributed by atoms with van der Waals surface area (Å²) in [6.07, 6.45) is 9.53. The van der Waals surface area contributed by atoms with E-state index in [9.17, 15) is 19.5 Å². The van der Waals surface area contributed by atoms with E-state index in [1.54, 1.807) is 0 Å². The summed E-state index contributed by atoms with van der Waals surface area (Å²) >= 11 is 0. The molecule has 0 aliphatic heterocycles. The van der Waals surface area contributed by atoms with Crippen molar-refractivity contribution < 1.29 is 24.0 Å². The molecule has 0 heterocycles. The molecule has 0 aromatic heterocycles. The number of hydrogen-bond donors (Lipinski definition) is 3. The Labute approximate surface area is 150 Å². The number of phosphoric acid groups is 1. The molecule has 0 unspecified atom stereocenters. The molecule has 0 radical (unpaired) electrons. The number of phosphoric ester groups is 1. The first-order chi connectivity index (χ1) is 11.6. The van der Waals surface area contributed by atoms with E-state index in [2.05, 4.69) is 19.9 Å². The Balaban J connectivity index is 1.61. The van der Waals surface area contributed by atoms with Gasteiger partial charge in [-0.3, -0.25) is 4.52 Å². The highest BCUT2D eigenvalue weighted by Crippen LogP contribution is 2.66. The second kappa shape index (κ2) is 5.90. The highest BCUT2D eigenvalue weighted by molar-refractivity contribution is 7.46. The molecule has 7 atom stereocenters. The molecule has 25 heavy (non-hydrogen) atoms. The van der Waals surface area contributed by atoms with E-state index < -0.39 is 7.82 Å². The lowest BCUT2D eigenvalue weighted by atomic mass is 9.48. The van der Waals surface area contributed by atoms with Gasteiger partial charge in [-0.15, -0.1) is 0 Å². The summed E-state index contributed by atoms with van der Waals surface area (Å²) < 4.78 is 16.6. The van der Waals surface area contributed by atoms with Crippen LogP contribution in [0.4, 0.5) is 0 Å². The summed E-state index contributed by atoms with van der Waals surface area (Å²) in [5.41, 5.74) is 1.53. The van der Waals surface area contributed by atoms with E-state index in [0.717, 1.165) is 51.4 Å². The van der Waals surface area contributed by atoms with Gasteiger partial charge in [0.1, 0.15) is 0 Å². The molecule has 0 bridgehead atoms. The topological polar surface area (TPSA) is 87.0 Å². The number of rotatable bonds is 2. The Kier molecular flexibility index (Phi) is 4.29. The molecule has 142 valence electrons. The van der Waals surface area contributed by atoms with E-state index in [-0.39, 0.29) is 23.0 Å². The second-order valence-electron chi connectivity index (χ2n) is 9.36. The Morgan fingerprint density at radius 3 is 2.60 bits per heavy atom. The molecular weight excluding hydrogens is 339 g/mol. The molecule has 3 N–H and O–H groups in total. The first kappa shape index (κ1) is 18.2. The van der Waals surface area contributed by atoms with Crippen molar-refractivity contribution in [3.63, 3.8) is 0 Å². The van der Waals surface area contributed by atoms with Gasteiger partial charge in [0.15, 0.2) is 0 Å². The van der Waals surface area contributed by atoms with Crippen LogP contribution >= 0.6 is 7.82 Å². The van der Waals surface area contributed by atoms with Crippen molar-refractivity contribution in [2.24, 2.45) is 28.6 Å². The third-order valence-corrected chi connectivity index (χ3v) is 8.78. The number of aliphatic hydroxyl groups excluding tert-OH is 1. The standard InChI is InChI=1S/C19H31O5P/c1-18-9-7-13(20)11-12(18)3-4-14-15-5-6-17(24-25(21,22)23)19(15,2)10-8-16(14)18/h3,13-17,20H,4-11H2,1-2H3,(H2,21,22,23)/t13-,14+,15+,16+,17+,18+,19+/m1/s1. The molecule has 0 aromatic carbocycles. The molecular formula is C19H31O5P. The van der Waals surface area contributed by atoms with Crippen LogP contribution in [0.1, 0.15) is 65.2 Å². The fourth-order valence-electron chi connectivity index (χ4n) is 6.93. The quantitative estimate of drug-likeness (QED) is 0.509. The van der Waals surface area contributed by atoms with E-state index in [1.807, 2.05) is 0 Å². The fraction of sp³-hybridized carbons (Fsp3) is 0.895. The maximum Gasteiger partial charge on any atom is 0.469 e. The Hall–Kier alpha value is -0.190. The maximum absolute atomic E-state index is 11.4. The van der Waals surface area contributed by atoms with Crippen LogP contribution in [0.15, 0.2) is 11.6 Å². The second-order valence-corrected chi connectivity index (χ2v) is 10.6. The Bertz CT molecular complexity index is 627. The molecule has 5 nitrogen and oxygen atoms in total. The van der Waals surface area contributed by atoms with Gasteiger partial charge < -0.3 is 14.9 Å². The summed E-state index contributed by atoms with van der Waals surface area (Å²) in [6.45, 7) is 4.58. The van der Waals surface area contributed by atoms with E-state index in [0.29, 0.717) is 17.8 Å². The fourth-order valence-corrected chi connectivity index (χ4v) is 7.61. The largest absolute Gasteiger partial charge is 0.469 e. The smallest absolute Gasteiger partial charge is 0.393 e. The maximum atomic E-state index is 11.4. The average molecular weight is 370 g/mol. The third kappa shape index (κ3) is 2.87. The summed E-state index contributed by atoms with van der Waals surface area (Å²) in [5.74, 6) is 1.68. The molecule has 4 rings (SSSR count). The molecule has 3 saturated carbocycles. The van der Waals surface area contributed by atoms with Gasteiger partial charge in [0.05, 0.1) is 12.2 Å². The summed E-state index contributed by atoms with van der Waals surface area (Å²) in [5, 5.41) is 10.1. The van der Waals surface area contributed by atoms with Gasteiger partial charge in [0.25, 0.3) is 0 Å². The van der Waals surface area contributed by atoms with Crippen molar-refractivity contribution in [3.8, 4) is 0 Å². The van der Waals surface area contributed by atoms with Crippen LogP contribution in [0, 0.1) is 28.6 Å². The predicted octanol–water partition coefficient (Wildman–Crippen LogP) is 3.79. The lowest BCUT2D eigenvalue weighted by Gasteiger charge is -2.57. The number of allylic oxidation sites excluding steroid dienone is 1. The lowest BCUT2D eigenvalue weighted by Crippen LogP contribution is -2.51. The van der Waals surface area contributed by atoms with Gasteiger partial charge in [-0.05, 0) is 80.0 Å². The molecule has 6 heteroatoms. The van der Waals surface area contributed by atoms with Crippen molar-refractivity contribution in [3.05, 3.63) is 11.6 Å². The minimum atomic E-state index is -4.44. The van der Waals surface area contributed by atoms with Gasteiger partial charge in [-0.25, -0.2) is 4.57 Å². The van der Waals surface area contributed by atoms with Crippen LogP contribution in [0.2, 0.25) is 0 Å². The summed E-state index contributed by atoms with van der Waals surface area (Å²) in [4.78, 5) is 18.6. The zero-order valence-electron chi connectivity index (χ0n) is 15.2. The molecule has 3 fully saturated rings. The van der Waals surface area contributed by atoms with Crippen molar-refractivity contribution in [2.45, 2.75) is 77.4 Å². The molecule has 0 saturated heterocycles. The Morgan fingerprint density at radius 1 is 1.12 bits per heavy atom. The van der Waals surface area contributed by atoms with Crippen molar-refractivity contribution in [1.82, 2.24) is 0 Å². The monoisotopic (exact) mass is 370 g/mol. The zero-order valence-corrected chi connectivity index (χ0v) is 16.1. The van der Waals surface area contributed by atoms with Gasteiger partial charge in [0.2, 0.25) is 0 Å². The SMILES string of the molecule is C[C@]12CC[C@H]3[C@@H](CC=C4C[C@H](O)CC[C@@]43C)[C@@H]1CC[C@@H]2OP(=O)(O)O. The van der Waals surface area contributed by atoms with E-state index in [1.165, 1.54) is 5.57 Å². The molecule has 0 spiro atoms. The minimum absolute atomic E-state index is 0.127. The van der Waals surface area contributed by atoms with Crippen LogP contribution in [0.3, 0.4) is 0 Å².